The fraction of sp³-hybridized carbons (Fsp3) is 0.308. The number of aromatic nitrogens is 1. The largest absolute Gasteiger partial charge is 0.367 e. The van der Waals surface area contributed by atoms with Gasteiger partial charge in [-0.15, -0.1) is 0 Å². The Morgan fingerprint density at radius 2 is 2.00 bits per heavy atom. The molecule has 0 saturated heterocycles. The third kappa shape index (κ3) is 2.62. The number of hydrogen-bond donors (Lipinski definition) is 1. The second-order valence-corrected chi connectivity index (χ2v) is 5.42. The van der Waals surface area contributed by atoms with E-state index in [0.717, 1.165) is 23.2 Å². The highest BCUT2D eigenvalue weighted by molar-refractivity contribution is 6.42. The first-order chi connectivity index (χ1) is 8.49. The molecule has 2 rings (SSSR count). The smallest absolute Gasteiger partial charge is 0.225 e. The number of anilines is 1. The molecule has 3 nitrogen and oxygen atoms in total. The van der Waals surface area contributed by atoms with E-state index in [0.29, 0.717) is 21.8 Å². The van der Waals surface area contributed by atoms with Gasteiger partial charge < -0.3 is 10.3 Å². The van der Waals surface area contributed by atoms with Crippen LogP contribution in [0.25, 0.3) is 11.3 Å². The van der Waals surface area contributed by atoms with Crippen LogP contribution in [0.2, 0.25) is 10.0 Å². The molecule has 0 atom stereocenters. The second-order valence-electron chi connectivity index (χ2n) is 4.60. The summed E-state index contributed by atoms with van der Waals surface area (Å²) in [6.45, 7) is 4.23. The monoisotopic (exact) mass is 284 g/mol. The Kier molecular flexibility index (Phi) is 3.83. The third-order valence-electron chi connectivity index (χ3n) is 2.62. The molecule has 0 unspecified atom stereocenters. The molecule has 2 aromatic rings. The standard InChI is InChI=1S/C13H14Cl2N2O/c1-7(2)5-9-12(17-18-13(9)16)8-3-4-10(14)11(15)6-8/h3-4,6-7H,5,16H2,1-2H3. The minimum absolute atomic E-state index is 0.366. The second kappa shape index (κ2) is 5.21. The zero-order valence-electron chi connectivity index (χ0n) is 10.2. The average molecular weight is 285 g/mol. The fourth-order valence-electron chi connectivity index (χ4n) is 1.80. The quantitative estimate of drug-likeness (QED) is 0.907. The molecule has 0 aliphatic heterocycles. The SMILES string of the molecule is CC(C)Cc1c(-c2ccc(Cl)c(Cl)c2)noc1N. The van der Waals surface area contributed by atoms with Crippen molar-refractivity contribution in [2.75, 3.05) is 5.73 Å². The molecule has 18 heavy (non-hydrogen) atoms. The van der Waals surface area contributed by atoms with Crippen LogP contribution in [0.5, 0.6) is 0 Å². The minimum Gasteiger partial charge on any atom is -0.367 e. The van der Waals surface area contributed by atoms with Crippen LogP contribution < -0.4 is 5.73 Å². The maximum absolute atomic E-state index is 6.01. The summed E-state index contributed by atoms with van der Waals surface area (Å²) in [7, 11) is 0. The van der Waals surface area contributed by atoms with Gasteiger partial charge in [0, 0.05) is 11.1 Å². The average Bonchev–Trinajstić information content (AvgIpc) is 2.64. The predicted molar refractivity (Wildman–Crippen MR) is 74.9 cm³/mol. The van der Waals surface area contributed by atoms with Crippen LogP contribution in [0, 0.1) is 5.92 Å². The highest BCUT2D eigenvalue weighted by Crippen LogP contribution is 2.32. The molecule has 1 heterocycles. The van der Waals surface area contributed by atoms with Gasteiger partial charge in [0.25, 0.3) is 0 Å². The Labute approximate surface area is 116 Å². The van der Waals surface area contributed by atoms with E-state index in [9.17, 15) is 0 Å². The summed E-state index contributed by atoms with van der Waals surface area (Å²) < 4.78 is 5.07. The van der Waals surface area contributed by atoms with Gasteiger partial charge >= 0.3 is 0 Å². The van der Waals surface area contributed by atoms with Crippen LogP contribution in [0.1, 0.15) is 19.4 Å². The first-order valence-electron chi connectivity index (χ1n) is 5.68. The number of rotatable bonds is 3. The van der Waals surface area contributed by atoms with Crippen LogP contribution >= 0.6 is 23.2 Å². The van der Waals surface area contributed by atoms with Crippen molar-refractivity contribution < 1.29 is 4.52 Å². The molecule has 0 amide bonds. The highest BCUT2D eigenvalue weighted by atomic mass is 35.5. The van der Waals surface area contributed by atoms with Crippen LogP contribution in [-0.4, -0.2) is 5.16 Å². The molecule has 0 bridgehead atoms. The zero-order valence-corrected chi connectivity index (χ0v) is 11.7. The van der Waals surface area contributed by atoms with E-state index in [1.807, 2.05) is 6.07 Å². The van der Waals surface area contributed by atoms with E-state index >= 15 is 0 Å². The summed E-state index contributed by atoms with van der Waals surface area (Å²) in [4.78, 5) is 0. The number of nitrogen functional groups attached to an aromatic ring is 1. The molecule has 96 valence electrons. The predicted octanol–water partition coefficient (Wildman–Crippen LogP) is 4.43. The molecule has 5 heteroatoms. The summed E-state index contributed by atoms with van der Waals surface area (Å²) in [5.74, 6) is 0.831. The topological polar surface area (TPSA) is 52.0 Å². The third-order valence-corrected chi connectivity index (χ3v) is 3.36. The van der Waals surface area contributed by atoms with Crippen LogP contribution in [-0.2, 0) is 6.42 Å². The van der Waals surface area contributed by atoms with Crippen LogP contribution in [0.15, 0.2) is 22.7 Å². The summed E-state index contributed by atoms with van der Waals surface area (Å²) >= 11 is 11.9. The first kappa shape index (κ1) is 13.2. The number of benzene rings is 1. The molecular formula is C13H14Cl2N2O. The molecule has 1 aromatic heterocycles. The lowest BCUT2D eigenvalue weighted by molar-refractivity contribution is 0.438. The molecule has 0 aliphatic carbocycles. The Morgan fingerprint density at radius 1 is 1.28 bits per heavy atom. The van der Waals surface area contributed by atoms with Crippen LogP contribution in [0.4, 0.5) is 5.88 Å². The number of nitrogens with zero attached hydrogens (tertiary/aromatic N) is 1. The lowest BCUT2D eigenvalue weighted by Crippen LogP contribution is -1.98. The first-order valence-corrected chi connectivity index (χ1v) is 6.44. The number of nitrogens with two attached hydrogens (primary N) is 1. The summed E-state index contributed by atoms with van der Waals surface area (Å²) in [6, 6.07) is 5.36. The molecular weight excluding hydrogens is 271 g/mol. The molecule has 0 spiro atoms. The summed E-state index contributed by atoms with van der Waals surface area (Å²) in [5, 5.41) is 5.02. The maximum Gasteiger partial charge on any atom is 0.225 e. The molecule has 1 aromatic carbocycles. The number of halogens is 2. The van der Waals surface area contributed by atoms with Gasteiger partial charge in [-0.3, -0.25) is 0 Å². The summed E-state index contributed by atoms with van der Waals surface area (Å²) in [5.41, 5.74) is 8.32. The minimum atomic E-state index is 0.366. The van der Waals surface area contributed by atoms with E-state index in [1.54, 1.807) is 12.1 Å². The van der Waals surface area contributed by atoms with Gasteiger partial charge in [-0.2, -0.15) is 0 Å². The van der Waals surface area contributed by atoms with Crippen molar-refractivity contribution in [3.05, 3.63) is 33.8 Å². The Hall–Kier alpha value is -1.19. The van der Waals surface area contributed by atoms with Gasteiger partial charge in [0.15, 0.2) is 0 Å². The normalized spacial score (nSPS) is 11.2. The zero-order chi connectivity index (χ0) is 13.3. The van der Waals surface area contributed by atoms with Gasteiger partial charge in [-0.05, 0) is 24.5 Å². The van der Waals surface area contributed by atoms with Crippen molar-refractivity contribution in [2.45, 2.75) is 20.3 Å². The van der Waals surface area contributed by atoms with E-state index < -0.39 is 0 Å². The maximum atomic E-state index is 6.01. The van der Waals surface area contributed by atoms with Gasteiger partial charge in [0.2, 0.25) is 5.88 Å². The molecule has 0 saturated carbocycles. The van der Waals surface area contributed by atoms with Crippen LogP contribution in [0.3, 0.4) is 0 Å². The lowest BCUT2D eigenvalue weighted by Gasteiger charge is -2.06. The van der Waals surface area contributed by atoms with E-state index in [-0.39, 0.29) is 0 Å². The van der Waals surface area contributed by atoms with Crippen molar-refractivity contribution >= 4 is 29.1 Å². The van der Waals surface area contributed by atoms with Crippen molar-refractivity contribution in [1.82, 2.24) is 5.16 Å². The van der Waals surface area contributed by atoms with Gasteiger partial charge in [-0.25, -0.2) is 0 Å². The Morgan fingerprint density at radius 3 is 2.61 bits per heavy atom. The molecule has 2 N–H and O–H groups in total. The van der Waals surface area contributed by atoms with Gasteiger partial charge in [0.05, 0.1) is 10.0 Å². The molecule has 0 radical (unpaired) electrons. The van der Waals surface area contributed by atoms with Crippen molar-refractivity contribution in [3.8, 4) is 11.3 Å². The molecule has 0 aliphatic rings. The fourth-order valence-corrected chi connectivity index (χ4v) is 2.10. The van der Waals surface area contributed by atoms with Crippen molar-refractivity contribution in [3.63, 3.8) is 0 Å². The Balaban J connectivity index is 2.47. The van der Waals surface area contributed by atoms with E-state index in [2.05, 4.69) is 19.0 Å². The summed E-state index contributed by atoms with van der Waals surface area (Å²) in [6.07, 6.45) is 0.810. The van der Waals surface area contributed by atoms with Crippen molar-refractivity contribution in [2.24, 2.45) is 5.92 Å². The van der Waals surface area contributed by atoms with E-state index in [4.69, 9.17) is 33.5 Å². The van der Waals surface area contributed by atoms with Crippen molar-refractivity contribution in [1.29, 1.82) is 0 Å². The lowest BCUT2D eigenvalue weighted by atomic mass is 9.99. The molecule has 0 fully saturated rings. The van der Waals surface area contributed by atoms with E-state index in [1.165, 1.54) is 0 Å². The highest BCUT2D eigenvalue weighted by Gasteiger charge is 2.17. The van der Waals surface area contributed by atoms with Gasteiger partial charge in [-0.1, -0.05) is 48.3 Å². The number of hydrogen-bond acceptors (Lipinski definition) is 3. The van der Waals surface area contributed by atoms with Gasteiger partial charge in [0.1, 0.15) is 5.69 Å². The Bertz CT molecular complexity index is 564.